The Morgan fingerprint density at radius 2 is 2.06 bits per heavy atom. The first-order chi connectivity index (χ1) is 17.1. The highest BCUT2D eigenvalue weighted by Gasteiger charge is 2.28. The summed E-state index contributed by atoms with van der Waals surface area (Å²) in [5.41, 5.74) is 2.70. The van der Waals surface area contributed by atoms with E-state index >= 15 is 4.39 Å². The number of ether oxygens (including phenoxy) is 2. The fourth-order valence-corrected chi connectivity index (χ4v) is 5.20. The summed E-state index contributed by atoms with van der Waals surface area (Å²) in [6, 6.07) is 10.9. The Labute approximate surface area is 205 Å². The first-order valence-electron chi connectivity index (χ1n) is 12.7. The number of fused-ring (bicyclic) bond motifs is 1. The van der Waals surface area contributed by atoms with Gasteiger partial charge >= 0.3 is 0 Å². The molecule has 1 amide bonds. The Kier molecular flexibility index (Phi) is 7.48. The number of alkyl halides is 1. The number of hydrogen-bond donors (Lipinski definition) is 1. The molecule has 1 unspecified atom stereocenters. The third-order valence-electron chi connectivity index (χ3n) is 7.13. The minimum absolute atomic E-state index is 0.123. The van der Waals surface area contributed by atoms with Crippen molar-refractivity contribution in [1.29, 1.82) is 0 Å². The van der Waals surface area contributed by atoms with Crippen LogP contribution in [0.15, 0.2) is 36.4 Å². The average Bonchev–Trinajstić information content (AvgIpc) is 3.55. The van der Waals surface area contributed by atoms with Crippen molar-refractivity contribution >= 4 is 17.3 Å². The first-order valence-corrected chi connectivity index (χ1v) is 12.7. The zero-order valence-corrected chi connectivity index (χ0v) is 20.0. The smallest absolute Gasteiger partial charge is 0.258 e. The third kappa shape index (κ3) is 5.43. The molecule has 0 aliphatic carbocycles. The number of carbonyl (C=O) groups is 1. The SMILES string of the molecule is O=C1c2ccc(OC[C@@H]3CCCO3)cc2CCN1c1ccc(N2CCC(NCCCF)C2)c(F)c1. The zero-order chi connectivity index (χ0) is 24.2. The monoisotopic (exact) mass is 485 g/mol. The fourth-order valence-electron chi connectivity index (χ4n) is 5.20. The number of benzene rings is 2. The number of halogens is 2. The second kappa shape index (κ2) is 10.9. The molecule has 5 rings (SSSR count). The van der Waals surface area contributed by atoms with Crippen molar-refractivity contribution in [3.8, 4) is 5.75 Å². The molecule has 3 aliphatic rings. The molecule has 2 fully saturated rings. The van der Waals surface area contributed by atoms with Crippen LogP contribution in [0.1, 0.15) is 41.6 Å². The summed E-state index contributed by atoms with van der Waals surface area (Å²) in [5.74, 6) is 0.296. The van der Waals surface area contributed by atoms with Crippen LogP contribution in [-0.2, 0) is 11.2 Å². The van der Waals surface area contributed by atoms with E-state index in [0.29, 0.717) is 56.0 Å². The minimum Gasteiger partial charge on any atom is -0.491 e. The summed E-state index contributed by atoms with van der Waals surface area (Å²) in [7, 11) is 0. The lowest BCUT2D eigenvalue weighted by Gasteiger charge is -2.30. The molecule has 1 N–H and O–H groups in total. The number of rotatable bonds is 9. The molecule has 0 saturated carbocycles. The zero-order valence-electron chi connectivity index (χ0n) is 20.0. The summed E-state index contributed by atoms with van der Waals surface area (Å²) in [5, 5.41) is 3.33. The highest BCUT2D eigenvalue weighted by Crippen LogP contribution is 2.31. The van der Waals surface area contributed by atoms with Crippen molar-refractivity contribution in [3.05, 3.63) is 53.3 Å². The second-order valence-electron chi connectivity index (χ2n) is 9.54. The van der Waals surface area contributed by atoms with Gasteiger partial charge < -0.3 is 24.6 Å². The molecule has 2 saturated heterocycles. The number of anilines is 2. The quantitative estimate of drug-likeness (QED) is 0.542. The van der Waals surface area contributed by atoms with Crippen molar-refractivity contribution < 1.29 is 23.0 Å². The van der Waals surface area contributed by atoms with E-state index in [4.69, 9.17) is 9.47 Å². The highest BCUT2D eigenvalue weighted by atomic mass is 19.1. The molecule has 3 aliphatic heterocycles. The van der Waals surface area contributed by atoms with E-state index in [1.54, 1.807) is 17.0 Å². The standard InChI is InChI=1S/C27H33F2N3O3/c28-10-2-11-30-20-9-12-31(17-20)26-7-4-21(16-25(26)29)32-13-8-19-15-22(5-6-24(19)27(32)33)35-18-23-3-1-14-34-23/h4-7,15-16,20,23,30H,1-3,8-14,17-18H2/t20?,23-/m0/s1. The van der Waals surface area contributed by atoms with Crippen molar-refractivity contribution in [1.82, 2.24) is 5.32 Å². The van der Waals surface area contributed by atoms with Crippen LogP contribution >= 0.6 is 0 Å². The van der Waals surface area contributed by atoms with Crippen LogP contribution in [0.5, 0.6) is 5.75 Å². The van der Waals surface area contributed by atoms with Crippen LogP contribution in [0, 0.1) is 5.82 Å². The summed E-state index contributed by atoms with van der Waals surface area (Å²) >= 11 is 0. The van der Waals surface area contributed by atoms with Gasteiger partial charge in [0.15, 0.2) is 0 Å². The minimum atomic E-state index is -0.330. The second-order valence-corrected chi connectivity index (χ2v) is 9.54. The lowest BCUT2D eigenvalue weighted by Crippen LogP contribution is -2.37. The number of carbonyl (C=O) groups excluding carboxylic acids is 1. The van der Waals surface area contributed by atoms with Crippen molar-refractivity contribution in [3.63, 3.8) is 0 Å². The van der Waals surface area contributed by atoms with E-state index in [-0.39, 0.29) is 30.5 Å². The number of nitrogens with zero attached hydrogens (tertiary/aromatic N) is 2. The maximum absolute atomic E-state index is 15.1. The predicted octanol–water partition coefficient (Wildman–Crippen LogP) is 4.11. The van der Waals surface area contributed by atoms with Gasteiger partial charge in [0, 0.05) is 43.5 Å². The molecule has 2 aromatic rings. The van der Waals surface area contributed by atoms with Gasteiger partial charge in [0.25, 0.3) is 5.91 Å². The molecule has 2 atom stereocenters. The van der Waals surface area contributed by atoms with Gasteiger partial charge in [-0.2, -0.15) is 0 Å². The van der Waals surface area contributed by atoms with E-state index in [2.05, 4.69) is 5.32 Å². The van der Waals surface area contributed by atoms with Gasteiger partial charge in [-0.1, -0.05) is 0 Å². The van der Waals surface area contributed by atoms with Gasteiger partial charge in [-0.25, -0.2) is 4.39 Å². The van der Waals surface area contributed by atoms with E-state index in [1.807, 2.05) is 23.1 Å². The van der Waals surface area contributed by atoms with E-state index in [9.17, 15) is 9.18 Å². The van der Waals surface area contributed by atoms with Crippen LogP contribution < -0.4 is 19.9 Å². The van der Waals surface area contributed by atoms with Crippen LogP contribution in [0.2, 0.25) is 0 Å². The first kappa shape index (κ1) is 24.0. The Hall–Kier alpha value is -2.71. The van der Waals surface area contributed by atoms with Crippen LogP contribution in [0.4, 0.5) is 20.2 Å². The number of amides is 1. The number of nitrogens with one attached hydrogen (secondary N) is 1. The molecule has 0 bridgehead atoms. The van der Waals surface area contributed by atoms with Gasteiger partial charge in [0.05, 0.1) is 18.5 Å². The van der Waals surface area contributed by atoms with E-state index in [1.165, 1.54) is 6.07 Å². The van der Waals surface area contributed by atoms with Crippen LogP contribution in [-0.4, -0.2) is 64.1 Å². The Bertz CT molecular complexity index is 1040. The third-order valence-corrected chi connectivity index (χ3v) is 7.13. The highest BCUT2D eigenvalue weighted by molar-refractivity contribution is 6.08. The van der Waals surface area contributed by atoms with E-state index < -0.39 is 0 Å². The maximum Gasteiger partial charge on any atom is 0.258 e. The van der Waals surface area contributed by atoms with Gasteiger partial charge in [-0.3, -0.25) is 9.18 Å². The lowest BCUT2D eigenvalue weighted by molar-refractivity contribution is 0.0679. The van der Waals surface area contributed by atoms with Crippen molar-refractivity contribution in [2.75, 3.05) is 55.9 Å². The summed E-state index contributed by atoms with van der Waals surface area (Å²) in [6.07, 6.45) is 4.31. The average molecular weight is 486 g/mol. The van der Waals surface area contributed by atoms with Gasteiger partial charge in [-0.05, 0) is 80.6 Å². The van der Waals surface area contributed by atoms with Crippen molar-refractivity contribution in [2.24, 2.45) is 0 Å². The Morgan fingerprint density at radius 1 is 1.14 bits per heavy atom. The van der Waals surface area contributed by atoms with Gasteiger partial charge in [0.2, 0.25) is 0 Å². The van der Waals surface area contributed by atoms with E-state index in [0.717, 1.165) is 43.7 Å². The molecule has 8 heteroatoms. The molecule has 188 valence electrons. The van der Waals surface area contributed by atoms with Crippen molar-refractivity contribution in [2.45, 2.75) is 44.2 Å². The largest absolute Gasteiger partial charge is 0.491 e. The molecule has 2 aromatic carbocycles. The molecule has 0 radical (unpaired) electrons. The summed E-state index contributed by atoms with van der Waals surface area (Å²) in [6.45, 7) is 3.55. The fraction of sp³-hybridized carbons (Fsp3) is 0.519. The topological polar surface area (TPSA) is 54.0 Å². The Morgan fingerprint density at radius 3 is 2.86 bits per heavy atom. The molecule has 3 heterocycles. The molecule has 35 heavy (non-hydrogen) atoms. The molecule has 6 nitrogen and oxygen atoms in total. The summed E-state index contributed by atoms with van der Waals surface area (Å²) < 4.78 is 38.9. The van der Waals surface area contributed by atoms with Crippen LogP contribution in [0.3, 0.4) is 0 Å². The molecule has 0 aromatic heterocycles. The van der Waals surface area contributed by atoms with Crippen LogP contribution in [0.25, 0.3) is 0 Å². The molecular formula is C27H33F2N3O3. The molecule has 0 spiro atoms. The summed E-state index contributed by atoms with van der Waals surface area (Å²) in [4.78, 5) is 16.9. The maximum atomic E-state index is 15.1. The lowest BCUT2D eigenvalue weighted by atomic mass is 9.98. The normalized spacial score (nSPS) is 22.1. The predicted molar refractivity (Wildman–Crippen MR) is 132 cm³/mol. The van der Waals surface area contributed by atoms with Gasteiger partial charge in [0.1, 0.15) is 18.2 Å². The molecular weight excluding hydrogens is 452 g/mol. The number of hydrogen-bond acceptors (Lipinski definition) is 5. The van der Waals surface area contributed by atoms with Gasteiger partial charge in [-0.15, -0.1) is 0 Å². The Balaban J connectivity index is 1.22.